The molecule has 2 aromatic rings. The van der Waals surface area contributed by atoms with E-state index in [0.717, 1.165) is 18.2 Å². The normalized spacial score (nSPS) is 17.9. The van der Waals surface area contributed by atoms with Crippen molar-refractivity contribution >= 4 is 11.0 Å². The second-order valence-electron chi connectivity index (χ2n) is 5.03. The van der Waals surface area contributed by atoms with E-state index in [1.165, 1.54) is 0 Å². The summed E-state index contributed by atoms with van der Waals surface area (Å²) in [6.07, 6.45) is -11.8. The molecule has 2 rings (SSSR count). The highest BCUT2D eigenvalue weighted by Gasteiger charge is 2.33. The topological polar surface area (TPSA) is 130 Å². The van der Waals surface area contributed by atoms with Gasteiger partial charge in [0.05, 0.1) is 23.2 Å². The number of aliphatic hydroxyl groups is 5. The number of hydrogen-bond acceptors (Lipinski definition) is 6. The van der Waals surface area contributed by atoms with Gasteiger partial charge in [-0.1, -0.05) is 0 Å². The van der Waals surface area contributed by atoms with E-state index >= 15 is 0 Å². The largest absolute Gasteiger partial charge is 0.416 e. The van der Waals surface area contributed by atoms with E-state index in [4.69, 9.17) is 5.11 Å². The highest BCUT2D eigenvalue weighted by Crippen LogP contribution is 2.31. The molecule has 4 atom stereocenters. The summed E-state index contributed by atoms with van der Waals surface area (Å²) in [5.41, 5.74) is -0.816. The lowest BCUT2D eigenvalue weighted by atomic mass is 10.0. The van der Waals surface area contributed by atoms with Crippen molar-refractivity contribution in [3.8, 4) is 0 Å². The number of alkyl halides is 3. The van der Waals surface area contributed by atoms with Gasteiger partial charge in [0.2, 0.25) is 0 Å². The molecule has 0 aliphatic carbocycles. The molecule has 0 radical (unpaired) electrons. The molecule has 0 aliphatic rings. The molecule has 0 fully saturated rings. The average Bonchev–Trinajstić information content (AvgIpc) is 2.94. The van der Waals surface area contributed by atoms with Crippen molar-refractivity contribution in [1.29, 1.82) is 0 Å². The smallest absolute Gasteiger partial charge is 0.394 e. The Morgan fingerprint density at radius 2 is 1.74 bits per heavy atom. The van der Waals surface area contributed by atoms with Crippen molar-refractivity contribution < 1.29 is 38.7 Å². The van der Waals surface area contributed by atoms with Crippen molar-refractivity contribution in [2.75, 3.05) is 6.61 Å². The first kappa shape index (κ1) is 17.6. The van der Waals surface area contributed by atoms with Gasteiger partial charge in [0.25, 0.3) is 0 Å². The minimum atomic E-state index is -4.55. The van der Waals surface area contributed by atoms with Crippen molar-refractivity contribution in [3.05, 3.63) is 29.6 Å². The molecule has 0 saturated heterocycles. The van der Waals surface area contributed by atoms with E-state index in [1.807, 2.05) is 0 Å². The summed E-state index contributed by atoms with van der Waals surface area (Å²) in [6.45, 7) is -0.847. The number of benzene rings is 1. The predicted molar refractivity (Wildman–Crippen MR) is 71.2 cm³/mol. The Hall–Kier alpha value is -1.72. The number of rotatable bonds is 5. The average molecular weight is 336 g/mol. The molecule has 7 nitrogen and oxygen atoms in total. The monoisotopic (exact) mass is 336 g/mol. The minimum absolute atomic E-state index is 0.0849. The molecular formula is C13H15F3N2O5. The quantitative estimate of drug-likeness (QED) is 0.444. The fourth-order valence-electron chi connectivity index (χ4n) is 2.03. The van der Waals surface area contributed by atoms with Crippen LogP contribution in [0.25, 0.3) is 11.0 Å². The van der Waals surface area contributed by atoms with Crippen LogP contribution in [-0.2, 0) is 6.18 Å². The number of nitrogens with one attached hydrogen (secondary N) is 1. The molecule has 0 amide bonds. The van der Waals surface area contributed by atoms with Gasteiger partial charge in [0.15, 0.2) is 0 Å². The zero-order valence-electron chi connectivity index (χ0n) is 11.6. The maximum atomic E-state index is 12.6. The first-order valence-corrected chi connectivity index (χ1v) is 6.55. The summed E-state index contributed by atoms with van der Waals surface area (Å²) < 4.78 is 37.9. The van der Waals surface area contributed by atoms with Crippen molar-refractivity contribution in [2.24, 2.45) is 0 Å². The molecule has 10 heteroatoms. The van der Waals surface area contributed by atoms with Crippen molar-refractivity contribution in [1.82, 2.24) is 9.97 Å². The van der Waals surface area contributed by atoms with E-state index < -0.39 is 42.8 Å². The van der Waals surface area contributed by atoms with Crippen LogP contribution in [0.4, 0.5) is 13.2 Å². The summed E-state index contributed by atoms with van der Waals surface area (Å²) >= 11 is 0. The number of aliphatic hydroxyl groups excluding tert-OH is 5. The fraction of sp³-hybridized carbons (Fsp3) is 0.462. The fourth-order valence-corrected chi connectivity index (χ4v) is 2.03. The van der Waals surface area contributed by atoms with Gasteiger partial charge in [-0.2, -0.15) is 13.2 Å². The lowest BCUT2D eigenvalue weighted by Gasteiger charge is -2.24. The summed E-state index contributed by atoms with van der Waals surface area (Å²) in [5, 5.41) is 47.1. The van der Waals surface area contributed by atoms with Crippen LogP contribution in [0, 0.1) is 0 Å². The number of H-pyrrole nitrogens is 1. The first-order chi connectivity index (χ1) is 10.6. The zero-order chi connectivity index (χ0) is 17.4. The Morgan fingerprint density at radius 1 is 1.09 bits per heavy atom. The Morgan fingerprint density at radius 3 is 2.30 bits per heavy atom. The van der Waals surface area contributed by atoms with Crippen LogP contribution in [0.3, 0.4) is 0 Å². The maximum Gasteiger partial charge on any atom is 0.416 e. The third-order valence-electron chi connectivity index (χ3n) is 3.36. The number of imidazole rings is 1. The maximum absolute atomic E-state index is 12.6. The Kier molecular flexibility index (Phi) is 4.92. The second kappa shape index (κ2) is 6.42. The number of halogens is 3. The van der Waals surface area contributed by atoms with Crippen LogP contribution in [0.5, 0.6) is 0 Å². The molecule has 0 saturated carbocycles. The number of aromatic nitrogens is 2. The lowest BCUT2D eigenvalue weighted by molar-refractivity contribution is -0.137. The molecule has 0 aliphatic heterocycles. The first-order valence-electron chi connectivity index (χ1n) is 6.55. The van der Waals surface area contributed by atoms with Gasteiger partial charge in [0, 0.05) is 0 Å². The highest BCUT2D eigenvalue weighted by atomic mass is 19.4. The van der Waals surface area contributed by atoms with E-state index in [9.17, 15) is 33.6 Å². The molecule has 23 heavy (non-hydrogen) atoms. The van der Waals surface area contributed by atoms with E-state index in [2.05, 4.69) is 9.97 Å². The van der Waals surface area contributed by atoms with E-state index in [1.54, 1.807) is 0 Å². The van der Waals surface area contributed by atoms with Crippen LogP contribution < -0.4 is 0 Å². The van der Waals surface area contributed by atoms with E-state index in [-0.39, 0.29) is 16.9 Å². The Balaban J connectivity index is 2.29. The van der Waals surface area contributed by atoms with Gasteiger partial charge in [0.1, 0.15) is 30.2 Å². The van der Waals surface area contributed by atoms with Crippen LogP contribution in [0.15, 0.2) is 18.2 Å². The van der Waals surface area contributed by atoms with Crippen LogP contribution in [-0.4, -0.2) is 60.4 Å². The minimum Gasteiger partial charge on any atom is -0.394 e. The number of fused-ring (bicyclic) bond motifs is 1. The highest BCUT2D eigenvalue weighted by molar-refractivity contribution is 5.76. The summed E-state index contributed by atoms with van der Waals surface area (Å²) in [7, 11) is 0. The molecule has 1 aromatic carbocycles. The number of hydrogen-bond donors (Lipinski definition) is 6. The van der Waals surface area contributed by atoms with Crippen LogP contribution in [0.1, 0.15) is 17.5 Å². The zero-order valence-corrected chi connectivity index (χ0v) is 11.6. The van der Waals surface area contributed by atoms with Crippen molar-refractivity contribution in [2.45, 2.75) is 30.6 Å². The third-order valence-corrected chi connectivity index (χ3v) is 3.36. The second-order valence-corrected chi connectivity index (χ2v) is 5.03. The molecule has 0 spiro atoms. The third kappa shape index (κ3) is 3.62. The van der Waals surface area contributed by atoms with Crippen molar-refractivity contribution in [3.63, 3.8) is 0 Å². The van der Waals surface area contributed by atoms with Gasteiger partial charge < -0.3 is 30.5 Å². The number of nitrogens with zero attached hydrogens (tertiary/aromatic N) is 1. The molecule has 0 bridgehead atoms. The van der Waals surface area contributed by atoms with Gasteiger partial charge in [-0.15, -0.1) is 0 Å². The Bertz CT molecular complexity index is 675. The summed E-state index contributed by atoms with van der Waals surface area (Å²) in [4.78, 5) is 6.28. The molecule has 6 N–H and O–H groups in total. The molecule has 128 valence electrons. The van der Waals surface area contributed by atoms with Gasteiger partial charge in [-0.05, 0) is 18.2 Å². The van der Waals surface area contributed by atoms with Gasteiger partial charge in [-0.3, -0.25) is 0 Å². The van der Waals surface area contributed by atoms with Gasteiger partial charge >= 0.3 is 6.18 Å². The summed E-state index contributed by atoms with van der Waals surface area (Å²) in [6, 6.07) is 2.72. The molecule has 2 unspecified atom stereocenters. The molecular weight excluding hydrogens is 321 g/mol. The number of aromatic amines is 1. The molecule has 1 aromatic heterocycles. The SMILES string of the molecule is OCC(O)[C@H](O)C(O)[C@H](O)c1nc2cc(C(F)(F)F)ccc2[nH]1. The lowest BCUT2D eigenvalue weighted by Crippen LogP contribution is -2.42. The van der Waals surface area contributed by atoms with E-state index in [0.29, 0.717) is 0 Å². The Labute approximate surface area is 127 Å². The van der Waals surface area contributed by atoms with Crippen LogP contribution in [0.2, 0.25) is 0 Å². The van der Waals surface area contributed by atoms with Gasteiger partial charge in [-0.25, -0.2) is 4.98 Å². The van der Waals surface area contributed by atoms with Crippen LogP contribution >= 0.6 is 0 Å². The predicted octanol–water partition coefficient (Wildman–Crippen LogP) is -0.310. The molecule has 1 heterocycles. The summed E-state index contributed by atoms with van der Waals surface area (Å²) in [5.74, 6) is -0.281. The standard InChI is InChI=1S/C13H15F3N2O5/c14-13(15,16)5-1-2-6-7(3-5)18-12(17-6)11(23)10(22)9(21)8(20)4-19/h1-3,8-11,19-23H,4H2,(H,17,18)/t8?,9-,10?,11-/m0/s1.